The van der Waals surface area contributed by atoms with Crippen LogP contribution >= 0.6 is 15.9 Å². The highest BCUT2D eigenvalue weighted by Crippen LogP contribution is 2.34. The Balaban J connectivity index is 1.66. The number of halogens is 2. The number of carbonyl (C=O) groups excluding carboxylic acids is 1. The molecule has 4 aromatic rings. The molecule has 1 aromatic heterocycles. The lowest BCUT2D eigenvalue weighted by Gasteiger charge is -2.17. The second-order valence-electron chi connectivity index (χ2n) is 8.65. The average molecular weight is 607 g/mol. The van der Waals surface area contributed by atoms with Crippen molar-refractivity contribution in [3.8, 4) is 11.5 Å². The van der Waals surface area contributed by atoms with Crippen LogP contribution in [0.3, 0.4) is 0 Å². The van der Waals surface area contributed by atoms with Gasteiger partial charge in [0.2, 0.25) is 0 Å². The molecule has 1 N–H and O–H groups in total. The van der Waals surface area contributed by atoms with Gasteiger partial charge in [0.05, 0.1) is 29.4 Å². The number of aryl methyl sites for hydroxylation is 1. The van der Waals surface area contributed by atoms with Crippen LogP contribution in [0, 0.1) is 5.82 Å². The molecular weight excluding hydrogens is 579 g/mol. The van der Waals surface area contributed by atoms with E-state index >= 15 is 0 Å². The number of aromatic nitrogens is 2. The number of anilines is 1. The van der Waals surface area contributed by atoms with Gasteiger partial charge in [-0.05, 0) is 61.4 Å². The van der Waals surface area contributed by atoms with Crippen LogP contribution in [0.15, 0.2) is 81.6 Å². The van der Waals surface area contributed by atoms with Gasteiger partial charge >= 0.3 is 0 Å². The SMILES string of the molecule is C=CCc1cc(C=Nn2c(CC)nc3ccc(Br)cc3c2=O)cc(OCC)c1OCC(=O)Nc1ccccc1F. The number of fused-ring (bicyclic) bond motifs is 1. The van der Waals surface area contributed by atoms with E-state index in [1.807, 2.05) is 26.0 Å². The number of hydrogen-bond donors (Lipinski definition) is 1. The smallest absolute Gasteiger partial charge is 0.282 e. The van der Waals surface area contributed by atoms with E-state index in [-0.39, 0.29) is 17.9 Å². The topological polar surface area (TPSA) is 94.8 Å². The largest absolute Gasteiger partial charge is 0.490 e. The van der Waals surface area contributed by atoms with Crippen LogP contribution in [0.5, 0.6) is 11.5 Å². The number of rotatable bonds is 11. The zero-order chi connectivity index (χ0) is 28.6. The van der Waals surface area contributed by atoms with Crippen LogP contribution in [-0.4, -0.2) is 35.0 Å². The fraction of sp³-hybridized carbons (Fsp3) is 0.200. The van der Waals surface area contributed by atoms with Crippen LogP contribution in [0.4, 0.5) is 10.1 Å². The molecule has 0 fully saturated rings. The molecule has 3 aromatic carbocycles. The summed E-state index contributed by atoms with van der Waals surface area (Å²) >= 11 is 3.41. The Morgan fingerprint density at radius 3 is 2.70 bits per heavy atom. The Labute approximate surface area is 239 Å². The number of nitrogens with one attached hydrogen (secondary N) is 1. The zero-order valence-electron chi connectivity index (χ0n) is 22.1. The molecule has 4 rings (SSSR count). The molecule has 10 heteroatoms. The number of benzene rings is 3. The van der Waals surface area contributed by atoms with Gasteiger partial charge in [0.25, 0.3) is 11.5 Å². The minimum atomic E-state index is -0.540. The van der Waals surface area contributed by atoms with Crippen molar-refractivity contribution in [3.05, 3.63) is 105 Å². The quantitative estimate of drug-likeness (QED) is 0.170. The summed E-state index contributed by atoms with van der Waals surface area (Å²) in [5, 5.41) is 7.42. The van der Waals surface area contributed by atoms with Gasteiger partial charge < -0.3 is 14.8 Å². The lowest BCUT2D eigenvalue weighted by molar-refractivity contribution is -0.118. The normalized spacial score (nSPS) is 11.1. The Hall–Kier alpha value is -4.31. The molecule has 1 heterocycles. The van der Waals surface area contributed by atoms with E-state index < -0.39 is 11.7 Å². The minimum Gasteiger partial charge on any atom is -0.490 e. The van der Waals surface area contributed by atoms with Crippen molar-refractivity contribution in [2.45, 2.75) is 26.7 Å². The fourth-order valence-electron chi connectivity index (χ4n) is 4.05. The van der Waals surface area contributed by atoms with Crippen LogP contribution < -0.4 is 20.3 Å². The maximum Gasteiger partial charge on any atom is 0.282 e. The molecule has 0 saturated carbocycles. The molecule has 206 valence electrons. The molecule has 0 aliphatic carbocycles. The van der Waals surface area contributed by atoms with E-state index in [9.17, 15) is 14.0 Å². The highest BCUT2D eigenvalue weighted by atomic mass is 79.9. The van der Waals surface area contributed by atoms with Gasteiger partial charge in [-0.25, -0.2) is 9.37 Å². The van der Waals surface area contributed by atoms with Crippen LogP contribution in [-0.2, 0) is 17.6 Å². The Morgan fingerprint density at radius 2 is 1.98 bits per heavy atom. The van der Waals surface area contributed by atoms with E-state index in [0.29, 0.717) is 58.8 Å². The summed E-state index contributed by atoms with van der Waals surface area (Å²) in [7, 11) is 0. The summed E-state index contributed by atoms with van der Waals surface area (Å²) in [5.74, 6) is 0.219. The second-order valence-corrected chi connectivity index (χ2v) is 9.57. The highest BCUT2D eigenvalue weighted by Gasteiger charge is 2.16. The summed E-state index contributed by atoms with van der Waals surface area (Å²) in [6.45, 7) is 7.53. The van der Waals surface area contributed by atoms with Gasteiger partial charge in [-0.2, -0.15) is 9.78 Å². The van der Waals surface area contributed by atoms with Crippen molar-refractivity contribution >= 4 is 44.6 Å². The van der Waals surface area contributed by atoms with Crippen LogP contribution in [0.25, 0.3) is 10.9 Å². The van der Waals surface area contributed by atoms with Crippen molar-refractivity contribution < 1.29 is 18.7 Å². The summed E-state index contributed by atoms with van der Waals surface area (Å²) in [6, 6.07) is 14.8. The number of carbonyl (C=O) groups is 1. The highest BCUT2D eigenvalue weighted by molar-refractivity contribution is 9.10. The molecular formula is C30H28BrFN4O4. The van der Waals surface area contributed by atoms with Gasteiger partial charge in [-0.15, -0.1) is 6.58 Å². The minimum absolute atomic E-state index is 0.0660. The van der Waals surface area contributed by atoms with Gasteiger partial charge in [0, 0.05) is 16.5 Å². The molecule has 40 heavy (non-hydrogen) atoms. The van der Waals surface area contributed by atoms with Gasteiger partial charge in [-0.1, -0.05) is 41.1 Å². The Bertz CT molecular complexity index is 1650. The Morgan fingerprint density at radius 1 is 1.18 bits per heavy atom. The fourth-order valence-corrected chi connectivity index (χ4v) is 4.41. The van der Waals surface area contributed by atoms with E-state index in [1.54, 1.807) is 36.6 Å². The molecule has 0 aliphatic rings. The van der Waals surface area contributed by atoms with Crippen molar-refractivity contribution in [2.24, 2.45) is 5.10 Å². The molecule has 0 saturated heterocycles. The molecule has 1 amide bonds. The van der Waals surface area contributed by atoms with E-state index in [2.05, 4.69) is 37.9 Å². The number of allylic oxidation sites excluding steroid dienone is 1. The molecule has 0 aliphatic heterocycles. The summed E-state index contributed by atoms with van der Waals surface area (Å²) in [5.41, 5.74) is 1.73. The third kappa shape index (κ3) is 6.63. The van der Waals surface area contributed by atoms with E-state index in [4.69, 9.17) is 9.47 Å². The van der Waals surface area contributed by atoms with E-state index in [1.165, 1.54) is 22.9 Å². The lowest BCUT2D eigenvalue weighted by atomic mass is 10.1. The predicted octanol–water partition coefficient (Wildman–Crippen LogP) is 5.89. The third-order valence-electron chi connectivity index (χ3n) is 5.83. The molecule has 0 radical (unpaired) electrons. The van der Waals surface area contributed by atoms with Crippen molar-refractivity contribution in [1.82, 2.24) is 9.66 Å². The standard InChI is InChI=1S/C30H28BrFN4O4/c1-4-9-20-14-19(17-33-36-27(5-2)34-24-13-12-21(31)16-22(24)30(36)38)15-26(39-6-3)29(20)40-18-28(37)35-25-11-8-7-10-23(25)32/h4,7-8,10-17H,1,5-6,9,18H2,2-3H3,(H,35,37). The maximum atomic E-state index is 13.9. The Kier molecular flexibility index (Phi) is 9.44. The zero-order valence-corrected chi connectivity index (χ0v) is 23.7. The summed E-state index contributed by atoms with van der Waals surface area (Å²) in [4.78, 5) is 30.3. The number of para-hydroxylation sites is 1. The molecule has 8 nitrogen and oxygen atoms in total. The molecule has 0 spiro atoms. The first kappa shape index (κ1) is 28.7. The van der Waals surface area contributed by atoms with Gasteiger partial charge in [0.15, 0.2) is 18.1 Å². The molecule has 0 unspecified atom stereocenters. The number of ether oxygens (including phenoxy) is 2. The first-order valence-electron chi connectivity index (χ1n) is 12.7. The number of amides is 1. The van der Waals surface area contributed by atoms with Crippen molar-refractivity contribution in [1.29, 1.82) is 0 Å². The predicted molar refractivity (Wildman–Crippen MR) is 158 cm³/mol. The average Bonchev–Trinajstić information content (AvgIpc) is 2.94. The third-order valence-corrected chi connectivity index (χ3v) is 6.32. The maximum absolute atomic E-state index is 13.9. The summed E-state index contributed by atoms with van der Waals surface area (Å²) in [6.07, 6.45) is 4.17. The van der Waals surface area contributed by atoms with Gasteiger partial charge in [0.1, 0.15) is 11.6 Å². The second kappa shape index (κ2) is 13.2. The first-order valence-corrected chi connectivity index (χ1v) is 13.5. The molecule has 0 bridgehead atoms. The lowest BCUT2D eigenvalue weighted by Crippen LogP contribution is -2.22. The van der Waals surface area contributed by atoms with Gasteiger partial charge in [-0.3, -0.25) is 9.59 Å². The monoisotopic (exact) mass is 606 g/mol. The molecule has 0 atom stereocenters. The number of nitrogens with zero attached hydrogens (tertiary/aromatic N) is 3. The number of hydrogen-bond acceptors (Lipinski definition) is 6. The van der Waals surface area contributed by atoms with Crippen LogP contribution in [0.1, 0.15) is 30.8 Å². The van der Waals surface area contributed by atoms with Crippen LogP contribution in [0.2, 0.25) is 0 Å². The first-order chi connectivity index (χ1) is 19.3. The summed E-state index contributed by atoms with van der Waals surface area (Å²) < 4.78 is 27.7. The van der Waals surface area contributed by atoms with E-state index in [0.717, 1.165) is 4.47 Å². The van der Waals surface area contributed by atoms with Crippen molar-refractivity contribution in [3.63, 3.8) is 0 Å². The van der Waals surface area contributed by atoms with Crippen molar-refractivity contribution in [2.75, 3.05) is 18.5 Å².